The summed E-state index contributed by atoms with van der Waals surface area (Å²) in [5.41, 5.74) is 4.05. The van der Waals surface area contributed by atoms with Gasteiger partial charge < -0.3 is 14.8 Å². The van der Waals surface area contributed by atoms with Crippen LogP contribution in [0.4, 0.5) is 0 Å². The molecule has 0 saturated heterocycles. The molecule has 1 aliphatic carbocycles. The Kier molecular flexibility index (Phi) is 6.18. The molecule has 0 bridgehead atoms. The summed E-state index contributed by atoms with van der Waals surface area (Å²) in [6.07, 6.45) is 5.11. The first-order valence-electron chi connectivity index (χ1n) is 9.15. The van der Waals surface area contributed by atoms with Gasteiger partial charge in [0.15, 0.2) is 0 Å². The normalized spacial score (nSPS) is 15.6. The number of carbonyl (C=O) groups excluding carboxylic acids is 2. The van der Waals surface area contributed by atoms with Crippen LogP contribution in [0, 0.1) is 5.92 Å². The number of methoxy groups -OCH3 is 1. The Bertz CT molecular complexity index is 757. The van der Waals surface area contributed by atoms with Gasteiger partial charge in [-0.2, -0.15) is 0 Å². The molecule has 0 heterocycles. The van der Waals surface area contributed by atoms with Gasteiger partial charge in [0, 0.05) is 12.7 Å². The summed E-state index contributed by atoms with van der Waals surface area (Å²) in [5, 5.41) is 3.09. The predicted molar refractivity (Wildman–Crippen MR) is 101 cm³/mol. The number of hydrogen-bond donors (Lipinski definition) is 1. The Balaban J connectivity index is 1.89. The van der Waals surface area contributed by atoms with Gasteiger partial charge >= 0.3 is 0 Å². The maximum absolute atomic E-state index is 13.1. The van der Waals surface area contributed by atoms with Crippen LogP contribution in [-0.2, 0) is 22.4 Å². The third-order valence-corrected chi connectivity index (χ3v) is 5.05. The van der Waals surface area contributed by atoms with E-state index in [0.717, 1.165) is 42.2 Å². The van der Waals surface area contributed by atoms with E-state index in [9.17, 15) is 9.59 Å². The molecule has 4 nitrogen and oxygen atoms in total. The number of benzene rings is 2. The van der Waals surface area contributed by atoms with Crippen LogP contribution in [-0.4, -0.2) is 25.9 Å². The number of nitrogens with one attached hydrogen (secondary N) is 1. The molecule has 0 aromatic heterocycles. The van der Waals surface area contributed by atoms with Crippen LogP contribution >= 0.6 is 0 Å². The third kappa shape index (κ3) is 4.02. The summed E-state index contributed by atoms with van der Waals surface area (Å²) in [6, 6.07) is 15.1. The molecule has 2 atom stereocenters. The Labute approximate surface area is 154 Å². The molecule has 1 N–H and O–H groups in total. The summed E-state index contributed by atoms with van der Waals surface area (Å²) in [5.74, 6) is -0.563. The van der Waals surface area contributed by atoms with E-state index in [4.69, 9.17) is 4.74 Å². The van der Waals surface area contributed by atoms with Gasteiger partial charge in [0.2, 0.25) is 0 Å². The summed E-state index contributed by atoms with van der Waals surface area (Å²) in [6.45, 7) is 0.260. The number of fused-ring (bicyclic) bond motifs is 1. The number of rotatable bonds is 7. The number of ether oxygens (including phenoxy) is 1. The van der Waals surface area contributed by atoms with Crippen LogP contribution in [0.15, 0.2) is 48.5 Å². The minimum atomic E-state index is -0.439. The van der Waals surface area contributed by atoms with Crippen molar-refractivity contribution in [3.05, 3.63) is 70.8 Å². The van der Waals surface area contributed by atoms with Crippen molar-refractivity contribution in [1.82, 2.24) is 5.32 Å². The van der Waals surface area contributed by atoms with Gasteiger partial charge in [-0.15, -0.1) is 0 Å². The molecule has 4 heteroatoms. The van der Waals surface area contributed by atoms with Gasteiger partial charge in [0.1, 0.15) is 6.29 Å². The zero-order chi connectivity index (χ0) is 18.4. The largest absolute Gasteiger partial charge is 0.384 e. The van der Waals surface area contributed by atoms with Gasteiger partial charge in [-0.3, -0.25) is 4.79 Å². The maximum atomic E-state index is 13.1. The van der Waals surface area contributed by atoms with Crippen molar-refractivity contribution in [2.45, 2.75) is 31.7 Å². The van der Waals surface area contributed by atoms with Crippen molar-refractivity contribution in [3.63, 3.8) is 0 Å². The summed E-state index contributed by atoms with van der Waals surface area (Å²) >= 11 is 0. The second-order valence-electron chi connectivity index (χ2n) is 6.77. The number of aldehydes is 1. The van der Waals surface area contributed by atoms with E-state index < -0.39 is 12.0 Å². The van der Waals surface area contributed by atoms with Crippen molar-refractivity contribution < 1.29 is 14.3 Å². The fourth-order valence-electron chi connectivity index (χ4n) is 3.72. The van der Waals surface area contributed by atoms with Crippen LogP contribution in [0.25, 0.3) is 0 Å². The molecule has 1 amide bonds. The van der Waals surface area contributed by atoms with Gasteiger partial charge in [-0.1, -0.05) is 42.5 Å². The molecule has 0 fully saturated rings. The highest BCUT2D eigenvalue weighted by atomic mass is 16.5. The zero-order valence-corrected chi connectivity index (χ0v) is 15.1. The van der Waals surface area contributed by atoms with E-state index in [2.05, 4.69) is 11.4 Å². The molecule has 0 spiro atoms. The Morgan fingerprint density at radius 3 is 2.62 bits per heavy atom. The summed E-state index contributed by atoms with van der Waals surface area (Å²) in [4.78, 5) is 24.7. The fraction of sp³-hybridized carbons (Fsp3) is 0.364. The minimum Gasteiger partial charge on any atom is -0.384 e. The highest BCUT2D eigenvalue weighted by Gasteiger charge is 2.26. The van der Waals surface area contributed by atoms with E-state index in [1.165, 1.54) is 12.0 Å². The lowest BCUT2D eigenvalue weighted by molar-refractivity contribution is -0.113. The summed E-state index contributed by atoms with van der Waals surface area (Å²) in [7, 11) is 1.56. The lowest BCUT2D eigenvalue weighted by Gasteiger charge is -2.26. The minimum absolute atomic E-state index is 0.124. The van der Waals surface area contributed by atoms with Gasteiger partial charge in [-0.05, 0) is 48.4 Å². The average molecular weight is 351 g/mol. The van der Waals surface area contributed by atoms with E-state index in [-0.39, 0.29) is 12.5 Å². The van der Waals surface area contributed by atoms with Crippen molar-refractivity contribution in [3.8, 4) is 0 Å². The quantitative estimate of drug-likeness (QED) is 0.777. The highest BCUT2D eigenvalue weighted by molar-refractivity contribution is 5.96. The molecule has 0 aliphatic heterocycles. The number of aryl methyl sites for hydroxylation is 1. The Morgan fingerprint density at radius 2 is 1.88 bits per heavy atom. The van der Waals surface area contributed by atoms with E-state index >= 15 is 0 Å². The first-order chi connectivity index (χ1) is 12.7. The van der Waals surface area contributed by atoms with Gasteiger partial charge in [0.25, 0.3) is 5.91 Å². The van der Waals surface area contributed by atoms with Crippen molar-refractivity contribution >= 4 is 12.2 Å². The van der Waals surface area contributed by atoms with E-state index in [1.807, 2.05) is 42.5 Å². The highest BCUT2D eigenvalue weighted by Crippen LogP contribution is 2.26. The summed E-state index contributed by atoms with van der Waals surface area (Å²) < 4.78 is 5.19. The average Bonchev–Trinajstić information content (AvgIpc) is 2.70. The molecule has 26 heavy (non-hydrogen) atoms. The number of amides is 1. The van der Waals surface area contributed by atoms with Crippen LogP contribution in [0.3, 0.4) is 0 Å². The second-order valence-corrected chi connectivity index (χ2v) is 6.77. The smallest absolute Gasteiger partial charge is 0.252 e. The second kappa shape index (κ2) is 8.77. The molecular weight excluding hydrogens is 326 g/mol. The molecule has 2 aromatic carbocycles. The molecule has 1 aliphatic rings. The molecule has 136 valence electrons. The molecule has 2 unspecified atom stereocenters. The number of hydrogen-bond acceptors (Lipinski definition) is 3. The van der Waals surface area contributed by atoms with Crippen molar-refractivity contribution in [2.24, 2.45) is 5.92 Å². The Hall–Kier alpha value is -2.46. The topological polar surface area (TPSA) is 55.4 Å². The lowest BCUT2D eigenvalue weighted by Crippen LogP contribution is -2.36. The molecule has 0 radical (unpaired) electrons. The lowest BCUT2D eigenvalue weighted by atomic mass is 9.87. The molecular formula is C22H25NO3. The zero-order valence-electron chi connectivity index (χ0n) is 15.1. The van der Waals surface area contributed by atoms with Gasteiger partial charge in [0.05, 0.1) is 18.6 Å². The standard InChI is InChI=1S/C22H25NO3/c1-26-15-18(14-24)21(17-9-3-2-4-10-17)23-22(25)20-13-7-11-16-8-5-6-12-19(16)20/h2-4,7,9-11,13-14,18,21H,5-6,8,12,15H2,1H3,(H,23,25). The predicted octanol–water partition coefficient (Wildman–Crippen LogP) is 3.50. The number of carbonyl (C=O) groups is 2. The molecule has 2 aromatic rings. The molecule has 3 rings (SSSR count). The first kappa shape index (κ1) is 18.3. The van der Waals surface area contributed by atoms with Crippen LogP contribution in [0.1, 0.15) is 45.9 Å². The van der Waals surface area contributed by atoms with Gasteiger partial charge in [-0.25, -0.2) is 0 Å². The maximum Gasteiger partial charge on any atom is 0.252 e. The van der Waals surface area contributed by atoms with E-state index in [0.29, 0.717) is 0 Å². The molecule has 0 saturated carbocycles. The van der Waals surface area contributed by atoms with Crippen molar-refractivity contribution in [2.75, 3.05) is 13.7 Å². The Morgan fingerprint density at radius 1 is 1.12 bits per heavy atom. The fourth-order valence-corrected chi connectivity index (χ4v) is 3.72. The van der Waals surface area contributed by atoms with Crippen LogP contribution in [0.5, 0.6) is 0 Å². The van der Waals surface area contributed by atoms with Crippen LogP contribution in [0.2, 0.25) is 0 Å². The van der Waals surface area contributed by atoms with Crippen molar-refractivity contribution in [1.29, 1.82) is 0 Å². The first-order valence-corrected chi connectivity index (χ1v) is 9.15. The third-order valence-electron chi connectivity index (χ3n) is 5.05. The van der Waals surface area contributed by atoms with E-state index in [1.54, 1.807) is 7.11 Å². The van der Waals surface area contributed by atoms with Crippen LogP contribution < -0.4 is 5.32 Å². The monoisotopic (exact) mass is 351 g/mol. The SMILES string of the molecule is COCC(C=O)C(NC(=O)c1cccc2c1CCCC2)c1ccccc1.